The number of carbonyl (C=O) groups excluding carboxylic acids is 1. The Bertz CT molecular complexity index is 1690. The minimum atomic E-state index is -0.250. The van der Waals surface area contributed by atoms with Crippen molar-refractivity contribution in [2.24, 2.45) is 0 Å². The van der Waals surface area contributed by atoms with E-state index in [-0.39, 0.29) is 30.1 Å². The molecule has 3 N–H and O–H groups in total. The van der Waals surface area contributed by atoms with Crippen LogP contribution in [0.3, 0.4) is 0 Å². The highest BCUT2D eigenvalue weighted by Crippen LogP contribution is 2.39. The molecule has 1 aromatic carbocycles. The second-order valence-electron chi connectivity index (χ2n) is 13.9. The minimum absolute atomic E-state index is 0.125. The lowest BCUT2D eigenvalue weighted by molar-refractivity contribution is -0.122. The van der Waals surface area contributed by atoms with Crippen LogP contribution in [0.15, 0.2) is 48.7 Å². The highest BCUT2D eigenvalue weighted by Gasteiger charge is 2.30. The Labute approximate surface area is 282 Å². The average molecular weight is 660 g/mol. The number of carbonyl (C=O) groups is 2. The average Bonchev–Trinajstić information content (AvgIpc) is 3.66. The number of carboxylic acid groups (broad SMARTS) is 1. The molecule has 0 saturated carbocycles. The van der Waals surface area contributed by atoms with E-state index in [0.29, 0.717) is 18.4 Å². The number of nitrogens with zero attached hydrogens (tertiary/aromatic N) is 7. The van der Waals surface area contributed by atoms with Crippen molar-refractivity contribution < 1.29 is 19.4 Å². The summed E-state index contributed by atoms with van der Waals surface area (Å²) in [6, 6.07) is 14.2. The topological polar surface area (TPSA) is 142 Å². The molecule has 258 valence electrons. The first-order valence-electron chi connectivity index (χ1n) is 16.7. The van der Waals surface area contributed by atoms with Gasteiger partial charge in [-0.2, -0.15) is 5.10 Å². The summed E-state index contributed by atoms with van der Waals surface area (Å²) < 4.78 is 10.6. The maximum absolute atomic E-state index is 13.4. The fourth-order valence-electron chi connectivity index (χ4n) is 6.37. The lowest BCUT2D eigenvalue weighted by atomic mass is 9.85. The number of pyridine rings is 1. The van der Waals surface area contributed by atoms with Crippen LogP contribution in [0.5, 0.6) is 5.75 Å². The molecule has 4 heterocycles. The van der Waals surface area contributed by atoms with Gasteiger partial charge in [0, 0.05) is 30.6 Å². The van der Waals surface area contributed by atoms with Crippen LogP contribution in [-0.4, -0.2) is 80.1 Å². The number of aromatic nitrogens is 5. The Hall–Kier alpha value is -4.65. The molecule has 1 unspecified atom stereocenters. The lowest BCUT2D eigenvalue weighted by Gasteiger charge is -2.33. The van der Waals surface area contributed by atoms with Crippen LogP contribution in [0.2, 0.25) is 0 Å². The SMILES string of the molecule is CC1CCCCN1c1nnc2ccc(O[C@@H]3CC[C@H](NC(=O)Nc4cc(C(C)(C)C)nn4CCN(C)C)c4ccccc43)cn12.O=CO. The summed E-state index contributed by atoms with van der Waals surface area (Å²) in [5, 5.41) is 27.0. The molecule has 0 spiro atoms. The molecular weight excluding hydrogens is 610 g/mol. The van der Waals surface area contributed by atoms with Crippen LogP contribution in [0, 0.1) is 0 Å². The van der Waals surface area contributed by atoms with Crippen molar-refractivity contribution in [3.05, 3.63) is 65.5 Å². The molecule has 3 aromatic heterocycles. The number of nitrogens with one attached hydrogen (secondary N) is 2. The van der Waals surface area contributed by atoms with Gasteiger partial charge in [0.2, 0.25) is 5.95 Å². The standard InChI is InChI=1S/C34H47N9O2.CH2O2/c1-23-11-9-10-18-41(23)33-38-37-30-17-14-24(22-42(30)33)45-28-16-15-27(25-12-7-8-13-26(25)28)35-32(44)36-31-21-29(34(2,3)4)39-43(31)20-19-40(5)6;2-1-3/h7-8,12-14,17,21-23,27-28H,9-11,15-16,18-20H2,1-6H3,(H2,35,36,44);1H,(H,2,3)/t23?,27-,28+;/m0./s1. The van der Waals surface area contributed by atoms with Crippen molar-refractivity contribution in [2.45, 2.75) is 89.9 Å². The number of urea groups is 1. The number of likely N-dealkylation sites (N-methyl/N-ethyl adjacent to an activating group) is 1. The monoisotopic (exact) mass is 659 g/mol. The Kier molecular flexibility index (Phi) is 10.9. The number of piperidine rings is 1. The number of rotatable bonds is 8. The highest BCUT2D eigenvalue weighted by atomic mass is 16.5. The van der Waals surface area contributed by atoms with Gasteiger partial charge in [-0.3, -0.25) is 14.5 Å². The number of amides is 2. The lowest BCUT2D eigenvalue weighted by Crippen LogP contribution is -2.38. The van der Waals surface area contributed by atoms with Crippen LogP contribution in [0.25, 0.3) is 5.65 Å². The van der Waals surface area contributed by atoms with Gasteiger partial charge in [-0.05, 0) is 76.4 Å². The predicted molar refractivity (Wildman–Crippen MR) is 186 cm³/mol. The summed E-state index contributed by atoms with van der Waals surface area (Å²) in [5.41, 5.74) is 3.80. The largest absolute Gasteiger partial charge is 0.484 e. The molecule has 1 saturated heterocycles. The van der Waals surface area contributed by atoms with E-state index in [2.05, 4.69) is 74.9 Å². The number of benzene rings is 1. The number of fused-ring (bicyclic) bond motifs is 2. The minimum Gasteiger partial charge on any atom is -0.484 e. The number of hydrogen-bond donors (Lipinski definition) is 3. The zero-order valence-electron chi connectivity index (χ0n) is 28.9. The Balaban J connectivity index is 0.00000145. The first kappa shape index (κ1) is 34.7. The van der Waals surface area contributed by atoms with E-state index in [0.717, 1.165) is 66.5 Å². The molecule has 6 rings (SSSR count). The second kappa shape index (κ2) is 15.1. The molecule has 3 atom stereocenters. The third-order valence-corrected chi connectivity index (χ3v) is 8.99. The molecule has 48 heavy (non-hydrogen) atoms. The quantitative estimate of drug-likeness (QED) is 0.205. The summed E-state index contributed by atoms with van der Waals surface area (Å²) in [6.45, 7) is 10.9. The zero-order chi connectivity index (χ0) is 34.4. The second-order valence-corrected chi connectivity index (χ2v) is 13.9. The highest BCUT2D eigenvalue weighted by molar-refractivity contribution is 5.88. The zero-order valence-corrected chi connectivity index (χ0v) is 28.9. The van der Waals surface area contributed by atoms with Crippen molar-refractivity contribution >= 4 is 29.9 Å². The Morgan fingerprint density at radius 3 is 2.54 bits per heavy atom. The fraction of sp³-hybridized carbons (Fsp3) is 0.514. The van der Waals surface area contributed by atoms with Gasteiger partial charge >= 0.3 is 6.03 Å². The van der Waals surface area contributed by atoms with Crippen LogP contribution in [0.4, 0.5) is 16.6 Å². The van der Waals surface area contributed by atoms with E-state index >= 15 is 0 Å². The summed E-state index contributed by atoms with van der Waals surface area (Å²) in [5.74, 6) is 2.35. The molecule has 1 fully saturated rings. The molecule has 0 bridgehead atoms. The van der Waals surface area contributed by atoms with Gasteiger partial charge in [-0.1, -0.05) is 45.0 Å². The van der Waals surface area contributed by atoms with E-state index in [4.69, 9.17) is 19.7 Å². The van der Waals surface area contributed by atoms with Crippen LogP contribution in [-0.2, 0) is 16.8 Å². The maximum Gasteiger partial charge on any atom is 0.320 e. The van der Waals surface area contributed by atoms with Gasteiger partial charge in [0.25, 0.3) is 6.47 Å². The predicted octanol–water partition coefficient (Wildman–Crippen LogP) is 5.64. The van der Waals surface area contributed by atoms with Crippen LogP contribution < -0.4 is 20.3 Å². The first-order chi connectivity index (χ1) is 23.0. The normalized spacial score (nSPS) is 19.3. The van der Waals surface area contributed by atoms with Gasteiger partial charge in [-0.15, -0.1) is 10.2 Å². The summed E-state index contributed by atoms with van der Waals surface area (Å²) in [6.07, 6.45) is 6.99. The number of anilines is 2. The van der Waals surface area contributed by atoms with Crippen molar-refractivity contribution in [3.8, 4) is 5.75 Å². The van der Waals surface area contributed by atoms with E-state index in [1.807, 2.05) is 55.3 Å². The number of hydrogen-bond acceptors (Lipinski definition) is 8. The summed E-state index contributed by atoms with van der Waals surface area (Å²) >= 11 is 0. The Morgan fingerprint density at radius 1 is 1.08 bits per heavy atom. The van der Waals surface area contributed by atoms with Crippen molar-refractivity contribution in [1.82, 2.24) is 34.6 Å². The van der Waals surface area contributed by atoms with Gasteiger partial charge < -0.3 is 25.0 Å². The summed E-state index contributed by atoms with van der Waals surface area (Å²) in [7, 11) is 4.07. The van der Waals surface area contributed by atoms with E-state index in [9.17, 15) is 4.79 Å². The van der Waals surface area contributed by atoms with E-state index in [1.54, 1.807) is 0 Å². The van der Waals surface area contributed by atoms with Gasteiger partial charge in [0.05, 0.1) is 24.5 Å². The van der Waals surface area contributed by atoms with Crippen molar-refractivity contribution in [3.63, 3.8) is 0 Å². The fourth-order valence-corrected chi connectivity index (χ4v) is 6.37. The summed E-state index contributed by atoms with van der Waals surface area (Å²) in [4.78, 5) is 26.2. The molecule has 2 amide bonds. The smallest absolute Gasteiger partial charge is 0.320 e. The third kappa shape index (κ3) is 8.07. The molecular formula is C35H49N9O4. The maximum atomic E-state index is 13.4. The molecule has 1 aliphatic carbocycles. The van der Waals surface area contributed by atoms with Crippen molar-refractivity contribution in [1.29, 1.82) is 0 Å². The molecule has 2 aliphatic rings. The third-order valence-electron chi connectivity index (χ3n) is 8.99. The van der Waals surface area contributed by atoms with E-state index in [1.165, 1.54) is 12.8 Å². The molecule has 1 aliphatic heterocycles. The molecule has 13 nitrogen and oxygen atoms in total. The molecule has 13 heteroatoms. The number of ether oxygens (including phenoxy) is 1. The van der Waals surface area contributed by atoms with Gasteiger partial charge in [-0.25, -0.2) is 9.48 Å². The van der Waals surface area contributed by atoms with E-state index < -0.39 is 0 Å². The van der Waals surface area contributed by atoms with Gasteiger partial charge in [0.1, 0.15) is 17.7 Å². The van der Waals surface area contributed by atoms with Crippen LogP contribution >= 0.6 is 0 Å². The first-order valence-corrected chi connectivity index (χ1v) is 16.7. The van der Waals surface area contributed by atoms with Crippen molar-refractivity contribution in [2.75, 3.05) is 37.4 Å². The molecule has 4 aromatic rings. The Morgan fingerprint density at radius 2 is 1.83 bits per heavy atom. The van der Waals surface area contributed by atoms with Gasteiger partial charge in [0.15, 0.2) is 5.65 Å². The van der Waals surface area contributed by atoms with Crippen LogP contribution in [0.1, 0.15) is 88.8 Å². The molecule has 0 radical (unpaired) electrons.